The summed E-state index contributed by atoms with van der Waals surface area (Å²) in [6, 6.07) is 13.3. The fourth-order valence-corrected chi connectivity index (χ4v) is 4.24. The van der Waals surface area contributed by atoms with Crippen molar-refractivity contribution < 1.29 is 39.7 Å². The van der Waals surface area contributed by atoms with E-state index in [-0.39, 0.29) is 12.7 Å². The zero-order chi connectivity index (χ0) is 22.7. The lowest BCUT2D eigenvalue weighted by molar-refractivity contribution is -0.232. The van der Waals surface area contributed by atoms with Crippen molar-refractivity contribution in [1.82, 2.24) is 0 Å². The monoisotopic (exact) mass is 446 g/mol. The second kappa shape index (κ2) is 10.3. The molecule has 2 fully saturated rings. The van der Waals surface area contributed by atoms with E-state index in [2.05, 4.69) is 0 Å². The van der Waals surface area contributed by atoms with Crippen molar-refractivity contribution in [2.75, 3.05) is 19.8 Å². The topological polar surface area (TPSA) is 129 Å². The van der Waals surface area contributed by atoms with Gasteiger partial charge in [0.1, 0.15) is 42.4 Å². The Balaban J connectivity index is 1.51. The Kier molecular flexibility index (Phi) is 7.42. The Bertz CT molecular complexity index is 878. The van der Waals surface area contributed by atoms with Crippen LogP contribution >= 0.6 is 0 Å². The molecule has 2 aromatic carbocycles. The molecule has 4 rings (SSSR count). The van der Waals surface area contributed by atoms with Gasteiger partial charge >= 0.3 is 0 Å². The summed E-state index contributed by atoms with van der Waals surface area (Å²) in [5.41, 5.74) is 3.03. The van der Waals surface area contributed by atoms with Crippen molar-refractivity contribution in [2.24, 2.45) is 0 Å². The Morgan fingerprint density at radius 1 is 0.906 bits per heavy atom. The van der Waals surface area contributed by atoms with E-state index in [0.29, 0.717) is 24.2 Å². The minimum absolute atomic E-state index is 0.0907. The van der Waals surface area contributed by atoms with Crippen LogP contribution in [0.5, 0.6) is 5.75 Å². The number of hydrogen-bond acceptors (Lipinski definition) is 8. The first kappa shape index (κ1) is 23.1. The Hall–Kier alpha value is -2.04. The maximum Gasteiger partial charge on any atom is 0.124 e. The van der Waals surface area contributed by atoms with E-state index in [1.165, 1.54) is 0 Å². The van der Waals surface area contributed by atoms with Gasteiger partial charge < -0.3 is 39.7 Å². The van der Waals surface area contributed by atoms with Gasteiger partial charge in [-0.1, -0.05) is 30.3 Å². The van der Waals surface area contributed by atoms with Gasteiger partial charge in [0.25, 0.3) is 0 Å². The van der Waals surface area contributed by atoms with Crippen LogP contribution < -0.4 is 4.74 Å². The van der Waals surface area contributed by atoms with Gasteiger partial charge in [0.2, 0.25) is 0 Å². The molecule has 8 heteroatoms. The standard InChI is InChI=1S/C24H30O8/c25-11-16-4-1-15(9-14-2-5-17(6-3-14)31-18-7-8-30-13-18)10-19(16)24-23(29)22(28)21(27)20(12-26)32-24/h1-6,10,18,20-29H,7-9,11-13H2/t18-,20+,21+,22-,23+,24-/m0/s1. The average Bonchev–Trinajstić information content (AvgIpc) is 3.32. The smallest absolute Gasteiger partial charge is 0.124 e. The summed E-state index contributed by atoms with van der Waals surface area (Å²) in [6.45, 7) is 0.557. The predicted octanol–water partition coefficient (Wildman–Crippen LogP) is 0.452. The number of aliphatic hydroxyl groups is 5. The highest BCUT2D eigenvalue weighted by Crippen LogP contribution is 2.35. The number of aliphatic hydroxyl groups excluding tert-OH is 5. The second-order valence-electron chi connectivity index (χ2n) is 8.36. The maximum atomic E-state index is 10.5. The molecule has 0 amide bonds. The number of ether oxygens (including phenoxy) is 3. The van der Waals surface area contributed by atoms with E-state index in [1.807, 2.05) is 36.4 Å². The molecule has 2 aliphatic rings. The van der Waals surface area contributed by atoms with Crippen LogP contribution in [0.3, 0.4) is 0 Å². The SMILES string of the molecule is OCc1ccc(Cc2ccc(O[C@H]3CCOC3)cc2)cc1[C@@H]1O[C@H](CO)[C@@H](O)[C@H](O)[C@H]1O. The fourth-order valence-electron chi connectivity index (χ4n) is 4.24. The molecule has 0 spiro atoms. The van der Waals surface area contributed by atoms with Gasteiger partial charge in [-0.25, -0.2) is 0 Å². The van der Waals surface area contributed by atoms with Crippen molar-refractivity contribution in [3.63, 3.8) is 0 Å². The Labute approximate surface area is 186 Å². The van der Waals surface area contributed by atoms with Crippen molar-refractivity contribution >= 4 is 0 Å². The van der Waals surface area contributed by atoms with Crippen LogP contribution in [0.1, 0.15) is 34.8 Å². The van der Waals surface area contributed by atoms with Crippen molar-refractivity contribution in [3.8, 4) is 5.75 Å². The molecule has 5 N–H and O–H groups in total. The summed E-state index contributed by atoms with van der Waals surface area (Å²) in [5.74, 6) is 0.793. The van der Waals surface area contributed by atoms with Crippen LogP contribution in [0.25, 0.3) is 0 Å². The zero-order valence-electron chi connectivity index (χ0n) is 17.7. The number of benzene rings is 2. The van der Waals surface area contributed by atoms with E-state index >= 15 is 0 Å². The average molecular weight is 446 g/mol. The van der Waals surface area contributed by atoms with E-state index in [9.17, 15) is 25.5 Å². The molecule has 8 nitrogen and oxygen atoms in total. The lowest BCUT2D eigenvalue weighted by atomic mass is 9.88. The first-order valence-corrected chi connectivity index (χ1v) is 10.9. The molecular formula is C24H30O8. The first-order chi connectivity index (χ1) is 15.5. The molecule has 32 heavy (non-hydrogen) atoms. The summed E-state index contributed by atoms with van der Waals surface area (Å²) >= 11 is 0. The summed E-state index contributed by atoms with van der Waals surface area (Å²) in [4.78, 5) is 0. The third-order valence-corrected chi connectivity index (χ3v) is 6.10. The summed E-state index contributed by atoms with van der Waals surface area (Å²) in [5, 5.41) is 50.0. The van der Waals surface area contributed by atoms with Gasteiger partial charge in [-0.05, 0) is 40.8 Å². The largest absolute Gasteiger partial charge is 0.488 e. The molecular weight excluding hydrogens is 416 g/mol. The minimum atomic E-state index is -1.47. The van der Waals surface area contributed by atoms with Crippen molar-refractivity contribution in [2.45, 2.75) is 56.1 Å². The lowest BCUT2D eigenvalue weighted by Gasteiger charge is -2.40. The van der Waals surface area contributed by atoms with E-state index < -0.39 is 37.1 Å². The quantitative estimate of drug-likeness (QED) is 0.415. The van der Waals surface area contributed by atoms with Gasteiger partial charge in [0.15, 0.2) is 0 Å². The van der Waals surface area contributed by atoms with Crippen LogP contribution in [-0.4, -0.2) is 75.9 Å². The highest BCUT2D eigenvalue weighted by molar-refractivity contribution is 5.38. The highest BCUT2D eigenvalue weighted by Gasteiger charge is 2.44. The normalized spacial score (nSPS) is 30.4. The number of hydrogen-bond donors (Lipinski definition) is 5. The molecule has 2 heterocycles. The molecule has 0 aliphatic carbocycles. The van der Waals surface area contributed by atoms with Crippen LogP contribution in [0.15, 0.2) is 42.5 Å². The first-order valence-electron chi connectivity index (χ1n) is 10.9. The molecule has 0 saturated carbocycles. The molecule has 2 aliphatic heterocycles. The van der Waals surface area contributed by atoms with Gasteiger partial charge in [-0.2, -0.15) is 0 Å². The minimum Gasteiger partial charge on any atom is -0.488 e. The number of rotatable bonds is 7. The van der Waals surface area contributed by atoms with Crippen LogP contribution in [0.4, 0.5) is 0 Å². The van der Waals surface area contributed by atoms with Crippen LogP contribution in [0, 0.1) is 0 Å². The van der Waals surface area contributed by atoms with Gasteiger partial charge in [0, 0.05) is 6.42 Å². The lowest BCUT2D eigenvalue weighted by Crippen LogP contribution is -2.55. The Morgan fingerprint density at radius 2 is 1.66 bits per heavy atom. The predicted molar refractivity (Wildman–Crippen MR) is 114 cm³/mol. The third-order valence-electron chi connectivity index (χ3n) is 6.10. The molecule has 0 aromatic heterocycles. The van der Waals surface area contributed by atoms with Gasteiger partial charge in [-0.3, -0.25) is 0 Å². The van der Waals surface area contributed by atoms with E-state index in [0.717, 1.165) is 29.9 Å². The third kappa shape index (κ3) is 4.97. The highest BCUT2D eigenvalue weighted by atomic mass is 16.6. The van der Waals surface area contributed by atoms with E-state index in [1.54, 1.807) is 6.07 Å². The van der Waals surface area contributed by atoms with Crippen LogP contribution in [-0.2, 0) is 22.5 Å². The Morgan fingerprint density at radius 3 is 2.31 bits per heavy atom. The van der Waals surface area contributed by atoms with Crippen molar-refractivity contribution in [1.29, 1.82) is 0 Å². The molecule has 0 bridgehead atoms. The second-order valence-corrected chi connectivity index (χ2v) is 8.36. The molecule has 2 saturated heterocycles. The summed E-state index contributed by atoms with van der Waals surface area (Å²) in [7, 11) is 0. The maximum absolute atomic E-state index is 10.5. The zero-order valence-corrected chi connectivity index (χ0v) is 17.7. The molecule has 0 unspecified atom stereocenters. The molecule has 0 radical (unpaired) electrons. The summed E-state index contributed by atoms with van der Waals surface area (Å²) in [6.07, 6.45) is -4.72. The van der Waals surface area contributed by atoms with E-state index in [4.69, 9.17) is 14.2 Å². The van der Waals surface area contributed by atoms with Gasteiger partial charge in [0.05, 0.1) is 26.4 Å². The fraction of sp³-hybridized carbons (Fsp3) is 0.500. The molecule has 2 aromatic rings. The molecule has 6 atom stereocenters. The van der Waals surface area contributed by atoms with Gasteiger partial charge in [-0.15, -0.1) is 0 Å². The molecule has 174 valence electrons. The van der Waals surface area contributed by atoms with Crippen LogP contribution in [0.2, 0.25) is 0 Å². The summed E-state index contributed by atoms with van der Waals surface area (Å²) < 4.78 is 16.9. The van der Waals surface area contributed by atoms with Crippen molar-refractivity contribution in [3.05, 3.63) is 64.7 Å².